The molecule has 25 heavy (non-hydrogen) atoms. The van der Waals surface area contributed by atoms with Gasteiger partial charge in [-0.3, -0.25) is 9.59 Å². The van der Waals surface area contributed by atoms with Crippen LogP contribution in [0.5, 0.6) is 0 Å². The van der Waals surface area contributed by atoms with Crippen LogP contribution in [-0.4, -0.2) is 54.3 Å². The molecule has 2 amide bonds. The lowest BCUT2D eigenvalue weighted by Crippen LogP contribution is -2.50. The van der Waals surface area contributed by atoms with Gasteiger partial charge in [-0.05, 0) is 37.6 Å². The summed E-state index contributed by atoms with van der Waals surface area (Å²) in [4.78, 5) is 28.3. The molecule has 2 rings (SSSR count). The third-order valence-electron chi connectivity index (χ3n) is 4.34. The second-order valence-corrected chi connectivity index (χ2v) is 6.57. The molecule has 0 atom stereocenters. The summed E-state index contributed by atoms with van der Waals surface area (Å²) in [6.07, 6.45) is 4.67. The molecule has 2 N–H and O–H groups in total. The lowest BCUT2D eigenvalue weighted by Gasteiger charge is -2.35. The lowest BCUT2D eigenvalue weighted by atomic mass is 10.1. The maximum atomic E-state index is 12.5. The van der Waals surface area contributed by atoms with Crippen molar-refractivity contribution >= 4 is 35.8 Å². The normalized spacial score (nSPS) is 14.2. The predicted octanol–water partition coefficient (Wildman–Crippen LogP) is 2.96. The van der Waals surface area contributed by atoms with E-state index in [0.717, 1.165) is 32.2 Å². The first-order chi connectivity index (χ1) is 11.6. The molecule has 0 unspecified atom stereocenters. The number of carbonyl (C=O) groups is 2. The SMILES string of the molecule is Cl.NCCCCCCC(=O)N1CCN(C(=O)c2cccc(Cl)c2)CC1. The number of unbranched alkanes of at least 4 members (excludes halogenated alkanes) is 3. The van der Waals surface area contributed by atoms with Gasteiger partial charge in [0.2, 0.25) is 5.91 Å². The van der Waals surface area contributed by atoms with Crippen molar-refractivity contribution in [3.05, 3.63) is 34.9 Å². The minimum Gasteiger partial charge on any atom is -0.339 e. The smallest absolute Gasteiger partial charge is 0.254 e. The molecule has 0 radical (unpaired) electrons. The number of amides is 2. The minimum atomic E-state index is -0.0219. The van der Waals surface area contributed by atoms with E-state index < -0.39 is 0 Å². The molecule has 0 aliphatic carbocycles. The second kappa shape index (κ2) is 11.3. The van der Waals surface area contributed by atoms with Crippen molar-refractivity contribution in [1.82, 2.24) is 9.80 Å². The molecule has 1 saturated heterocycles. The van der Waals surface area contributed by atoms with E-state index in [-0.39, 0.29) is 24.2 Å². The van der Waals surface area contributed by atoms with Gasteiger partial charge in [0.25, 0.3) is 5.91 Å². The number of nitrogens with zero attached hydrogens (tertiary/aromatic N) is 2. The molecule has 1 aliphatic heterocycles. The monoisotopic (exact) mass is 387 g/mol. The summed E-state index contributed by atoms with van der Waals surface area (Å²) in [5.41, 5.74) is 6.06. The van der Waals surface area contributed by atoms with Crippen LogP contribution in [0.15, 0.2) is 24.3 Å². The summed E-state index contributed by atoms with van der Waals surface area (Å²) in [7, 11) is 0. The molecule has 1 heterocycles. The van der Waals surface area contributed by atoms with E-state index in [1.54, 1.807) is 29.2 Å². The highest BCUT2D eigenvalue weighted by Gasteiger charge is 2.24. The van der Waals surface area contributed by atoms with Crippen molar-refractivity contribution in [1.29, 1.82) is 0 Å². The lowest BCUT2D eigenvalue weighted by molar-refractivity contribution is -0.132. The van der Waals surface area contributed by atoms with E-state index >= 15 is 0 Å². The minimum absolute atomic E-state index is 0. The first-order valence-corrected chi connectivity index (χ1v) is 9.02. The van der Waals surface area contributed by atoms with Crippen LogP contribution in [0.1, 0.15) is 42.5 Å². The molecule has 5 nitrogen and oxygen atoms in total. The van der Waals surface area contributed by atoms with Crippen molar-refractivity contribution in [3.63, 3.8) is 0 Å². The zero-order chi connectivity index (χ0) is 17.4. The van der Waals surface area contributed by atoms with Crippen molar-refractivity contribution in [2.24, 2.45) is 5.73 Å². The number of halogens is 2. The molecule has 1 fully saturated rings. The summed E-state index contributed by atoms with van der Waals surface area (Å²) >= 11 is 5.94. The number of hydrogen-bond acceptors (Lipinski definition) is 3. The van der Waals surface area contributed by atoms with Gasteiger partial charge in [-0.2, -0.15) is 0 Å². The van der Waals surface area contributed by atoms with Crippen LogP contribution in [0.4, 0.5) is 0 Å². The highest BCUT2D eigenvalue weighted by Crippen LogP contribution is 2.15. The molecule has 140 valence electrons. The number of nitrogens with two attached hydrogens (primary N) is 1. The van der Waals surface area contributed by atoms with Crippen LogP contribution in [0.3, 0.4) is 0 Å². The Bertz CT molecular complexity index is 561. The van der Waals surface area contributed by atoms with Crippen molar-refractivity contribution in [3.8, 4) is 0 Å². The van der Waals surface area contributed by atoms with Crippen molar-refractivity contribution in [2.75, 3.05) is 32.7 Å². The number of benzene rings is 1. The Kier molecular flexibility index (Phi) is 9.86. The fraction of sp³-hybridized carbons (Fsp3) is 0.556. The van der Waals surface area contributed by atoms with Gasteiger partial charge in [0.1, 0.15) is 0 Å². The fourth-order valence-electron chi connectivity index (χ4n) is 2.90. The zero-order valence-electron chi connectivity index (χ0n) is 14.5. The van der Waals surface area contributed by atoms with Gasteiger partial charge in [-0.15, -0.1) is 12.4 Å². The average Bonchev–Trinajstić information content (AvgIpc) is 2.61. The first-order valence-electron chi connectivity index (χ1n) is 8.64. The Morgan fingerprint density at radius 3 is 2.28 bits per heavy atom. The van der Waals surface area contributed by atoms with Gasteiger partial charge >= 0.3 is 0 Å². The summed E-state index contributed by atoms with van der Waals surface area (Å²) < 4.78 is 0. The van der Waals surface area contributed by atoms with E-state index in [1.807, 2.05) is 4.90 Å². The number of hydrogen-bond donors (Lipinski definition) is 1. The predicted molar refractivity (Wildman–Crippen MR) is 103 cm³/mol. The Balaban J connectivity index is 0.00000312. The topological polar surface area (TPSA) is 66.6 Å². The van der Waals surface area contributed by atoms with Crippen LogP contribution in [0.25, 0.3) is 0 Å². The summed E-state index contributed by atoms with van der Waals surface area (Å²) in [5.74, 6) is 0.170. The standard InChI is InChI=1S/C18H26ClN3O2.ClH/c19-16-7-5-6-15(14-16)18(24)22-12-10-21(11-13-22)17(23)8-3-1-2-4-9-20;/h5-7,14H,1-4,8-13,20H2;1H. The highest BCUT2D eigenvalue weighted by atomic mass is 35.5. The average molecular weight is 388 g/mol. The molecule has 0 bridgehead atoms. The molecule has 1 aliphatic rings. The summed E-state index contributed by atoms with van der Waals surface area (Å²) in [6, 6.07) is 6.98. The Morgan fingerprint density at radius 2 is 1.64 bits per heavy atom. The number of carbonyl (C=O) groups excluding carboxylic acids is 2. The molecular formula is C18H27Cl2N3O2. The van der Waals surface area contributed by atoms with Gasteiger partial charge in [-0.25, -0.2) is 0 Å². The summed E-state index contributed by atoms with van der Waals surface area (Å²) in [5, 5.41) is 0.560. The van der Waals surface area contributed by atoms with E-state index in [2.05, 4.69) is 0 Å². The number of piperazine rings is 1. The zero-order valence-corrected chi connectivity index (χ0v) is 16.0. The number of rotatable bonds is 7. The van der Waals surface area contributed by atoms with E-state index in [9.17, 15) is 9.59 Å². The van der Waals surface area contributed by atoms with Crippen LogP contribution in [-0.2, 0) is 4.79 Å². The second-order valence-electron chi connectivity index (χ2n) is 6.14. The largest absolute Gasteiger partial charge is 0.339 e. The van der Waals surface area contributed by atoms with Crippen molar-refractivity contribution in [2.45, 2.75) is 32.1 Å². The maximum absolute atomic E-state index is 12.5. The molecule has 1 aromatic rings. The van der Waals surface area contributed by atoms with Crippen LogP contribution < -0.4 is 5.73 Å². The first kappa shape index (κ1) is 21.7. The van der Waals surface area contributed by atoms with Gasteiger partial charge in [0.15, 0.2) is 0 Å². The third-order valence-corrected chi connectivity index (χ3v) is 4.57. The molecule has 7 heteroatoms. The van der Waals surface area contributed by atoms with Crippen LogP contribution >= 0.6 is 24.0 Å². The third kappa shape index (κ3) is 6.84. The quantitative estimate of drug-likeness (QED) is 0.731. The van der Waals surface area contributed by atoms with Crippen LogP contribution in [0.2, 0.25) is 5.02 Å². The molecule has 1 aromatic carbocycles. The highest BCUT2D eigenvalue weighted by molar-refractivity contribution is 6.30. The van der Waals surface area contributed by atoms with E-state index in [0.29, 0.717) is 43.2 Å². The molecular weight excluding hydrogens is 361 g/mol. The van der Waals surface area contributed by atoms with Gasteiger partial charge < -0.3 is 15.5 Å². The molecule has 0 saturated carbocycles. The molecule has 0 aromatic heterocycles. The van der Waals surface area contributed by atoms with Gasteiger partial charge in [0.05, 0.1) is 0 Å². The van der Waals surface area contributed by atoms with E-state index in [4.69, 9.17) is 17.3 Å². The molecule has 0 spiro atoms. The van der Waals surface area contributed by atoms with E-state index in [1.165, 1.54) is 0 Å². The Hall–Kier alpha value is -1.30. The van der Waals surface area contributed by atoms with Gasteiger partial charge in [-0.1, -0.05) is 30.5 Å². The Labute approximate surface area is 160 Å². The maximum Gasteiger partial charge on any atom is 0.254 e. The fourth-order valence-corrected chi connectivity index (χ4v) is 3.09. The van der Waals surface area contributed by atoms with Crippen LogP contribution in [0, 0.1) is 0 Å². The summed E-state index contributed by atoms with van der Waals surface area (Å²) in [6.45, 7) is 3.08. The Morgan fingerprint density at radius 1 is 1.00 bits per heavy atom. The van der Waals surface area contributed by atoms with Crippen molar-refractivity contribution < 1.29 is 9.59 Å². The van der Waals surface area contributed by atoms with Gasteiger partial charge in [0, 0.05) is 43.2 Å².